The van der Waals surface area contributed by atoms with Gasteiger partial charge in [-0.05, 0) is 154 Å². The largest absolute Gasteiger partial charge is 0.0842 e. The highest BCUT2D eigenvalue weighted by atomic mass is 14.9. The Balaban J connectivity index is 1.13. The summed E-state index contributed by atoms with van der Waals surface area (Å²) in [5.74, 6) is 4.89. The van der Waals surface area contributed by atoms with Gasteiger partial charge in [-0.1, -0.05) is 219 Å². The van der Waals surface area contributed by atoms with Crippen molar-refractivity contribution in [1.82, 2.24) is 0 Å². The van der Waals surface area contributed by atoms with Crippen LogP contribution in [0.4, 0.5) is 0 Å². The van der Waals surface area contributed by atoms with Gasteiger partial charge in [-0.15, -0.1) is 0 Å². The van der Waals surface area contributed by atoms with E-state index in [1.54, 1.807) is 66.8 Å². The summed E-state index contributed by atoms with van der Waals surface area (Å²) in [6.45, 7) is 2.96. The Labute approximate surface area is 415 Å². The van der Waals surface area contributed by atoms with E-state index in [1.165, 1.54) is 16.7 Å². The van der Waals surface area contributed by atoms with Crippen molar-refractivity contribution in [3.63, 3.8) is 0 Å². The molecule has 0 spiro atoms. The second-order valence-electron chi connectivity index (χ2n) is 25.1. The molecule has 21 rings (SSSR count). The molecule has 71 heavy (non-hydrogen) atoms. The van der Waals surface area contributed by atoms with Crippen LogP contribution in [-0.2, 0) is 27.1 Å². The van der Waals surface area contributed by atoms with Crippen LogP contribution in [0, 0.1) is 64.6 Å². The molecule has 7 aromatic carbocycles. The van der Waals surface area contributed by atoms with Gasteiger partial charge in [-0.25, -0.2) is 0 Å². The summed E-state index contributed by atoms with van der Waals surface area (Å²) in [6.07, 6.45) is 17.1. The summed E-state index contributed by atoms with van der Waals surface area (Å²) in [4.78, 5) is 0. The van der Waals surface area contributed by atoms with Crippen molar-refractivity contribution < 1.29 is 0 Å². The molecule has 14 aliphatic rings. The summed E-state index contributed by atoms with van der Waals surface area (Å²) in [5.41, 5.74) is 26.2. The van der Waals surface area contributed by atoms with Gasteiger partial charge in [-0.3, -0.25) is 0 Å². The minimum Gasteiger partial charge on any atom is -0.0842 e. The molecule has 0 saturated heterocycles. The summed E-state index contributed by atoms with van der Waals surface area (Å²) >= 11 is 0. The van der Waals surface area contributed by atoms with Gasteiger partial charge in [0.05, 0.1) is 10.8 Å². The lowest BCUT2D eigenvalue weighted by molar-refractivity contribution is -0.0204. The summed E-state index contributed by atoms with van der Waals surface area (Å²) < 4.78 is 0. The molecule has 4 fully saturated rings. The van der Waals surface area contributed by atoms with Gasteiger partial charge in [0, 0.05) is 33.5 Å². The molecule has 0 heterocycles. The Hall–Kier alpha value is -6.76. The van der Waals surface area contributed by atoms with Gasteiger partial charge in [0.2, 0.25) is 0 Å². The maximum Gasteiger partial charge on any atom is 0.0694 e. The van der Waals surface area contributed by atoms with Crippen LogP contribution in [0.15, 0.2) is 235 Å². The van der Waals surface area contributed by atoms with Gasteiger partial charge in [-0.2, -0.15) is 0 Å². The zero-order valence-electron chi connectivity index (χ0n) is 39.6. The molecular formula is C71H50. The smallest absolute Gasteiger partial charge is 0.0694 e. The maximum absolute atomic E-state index is 2.96. The molecule has 4 saturated carbocycles. The van der Waals surface area contributed by atoms with Crippen LogP contribution in [0.25, 0.3) is 11.1 Å². The summed E-state index contributed by atoms with van der Waals surface area (Å²) in [6, 6.07) is 72.7. The topological polar surface area (TPSA) is 0 Å². The van der Waals surface area contributed by atoms with E-state index in [9.17, 15) is 0 Å². The highest BCUT2D eigenvalue weighted by Crippen LogP contribution is 2.97. The zero-order chi connectivity index (χ0) is 45.5. The number of hydrogen-bond donors (Lipinski definition) is 0. The lowest BCUT2D eigenvalue weighted by Gasteiger charge is -2.71. The Bertz CT molecular complexity index is 3930. The fourth-order valence-corrected chi connectivity index (χ4v) is 24.3. The monoisotopic (exact) mass is 902 g/mol. The SMILES string of the molecule is CC12C3=C4C5=C1C1(c6ccccc6)C6C7C=CC8C9C=CC%10c%11ccc%12c(c%11C4(c4ccccc4)C%10C9C5(c4ccccc4)C86)C3(c3ccccc3)c3c-%12ccc4c3C2(c2ccccc2)C2C4C=CC7C21. The second-order valence-corrected chi connectivity index (χ2v) is 25.1. The third-order valence-corrected chi connectivity index (χ3v) is 24.5. The minimum absolute atomic E-state index is 0.188. The normalized spacial score (nSPS) is 44.5. The van der Waals surface area contributed by atoms with Crippen LogP contribution in [0.5, 0.6) is 0 Å². The van der Waals surface area contributed by atoms with Gasteiger partial charge in [0.15, 0.2) is 0 Å². The Morgan fingerprint density at radius 1 is 0.324 bits per heavy atom. The highest BCUT2D eigenvalue weighted by Gasteiger charge is 2.92. The molecule has 18 atom stereocenters. The predicted octanol–water partition coefficient (Wildman–Crippen LogP) is 14.2. The van der Waals surface area contributed by atoms with Crippen molar-refractivity contribution in [1.29, 1.82) is 0 Å². The fraction of sp³-hybridized carbons (Fsp3) is 0.268. The van der Waals surface area contributed by atoms with Gasteiger partial charge in [0.25, 0.3) is 0 Å². The van der Waals surface area contributed by atoms with E-state index >= 15 is 0 Å². The number of fused-ring (bicyclic) bond motifs is 5. The van der Waals surface area contributed by atoms with E-state index < -0.39 is 5.41 Å². The molecule has 7 aromatic rings. The van der Waals surface area contributed by atoms with Crippen LogP contribution >= 0.6 is 0 Å². The lowest BCUT2D eigenvalue weighted by Crippen LogP contribution is -2.70. The van der Waals surface area contributed by atoms with E-state index in [0.717, 1.165) is 0 Å². The number of benzene rings is 7. The summed E-state index contributed by atoms with van der Waals surface area (Å²) in [5, 5.41) is 0. The van der Waals surface area contributed by atoms with Gasteiger partial charge in [0.1, 0.15) is 0 Å². The van der Waals surface area contributed by atoms with Crippen molar-refractivity contribution in [2.24, 2.45) is 64.6 Å². The van der Waals surface area contributed by atoms with Crippen molar-refractivity contribution in [2.75, 3.05) is 0 Å². The molecule has 0 radical (unpaired) electrons. The average Bonchev–Trinajstić information content (AvgIpc) is 4.43. The van der Waals surface area contributed by atoms with Crippen molar-refractivity contribution in [2.45, 2.75) is 45.8 Å². The molecule has 0 aromatic heterocycles. The first-order valence-corrected chi connectivity index (χ1v) is 27.4. The molecule has 0 amide bonds. The van der Waals surface area contributed by atoms with Crippen molar-refractivity contribution in [3.05, 3.63) is 296 Å². The zero-order valence-corrected chi connectivity index (χ0v) is 39.6. The third kappa shape index (κ3) is 2.92. The standard InChI is InChI=1S/C71H50/c1-66-64-62-63-65(66)70(40-23-13-5-14-24-40)57-47-32-30-45-43-28-27-42-44-29-31-46-48-33-35-50-51-36-34-49(47)59(70)61(51)71(66,41-25-15-6-16-26-41)60(50)58(48)69(64,39-21-11-4-12-22-39)56(46)54(44)67(62,37-17-7-2-8-18-37)52(42)53(43)68(63,55(45)57)38-19-9-3-10-20-38/h2-36,42-44,46,48,50,52-54,56,58,60H,1H3. The quantitative estimate of drug-likeness (QED) is 0.151. The van der Waals surface area contributed by atoms with E-state index in [4.69, 9.17) is 0 Å². The van der Waals surface area contributed by atoms with E-state index in [1.807, 2.05) is 11.1 Å². The molecular weight excluding hydrogens is 853 g/mol. The summed E-state index contributed by atoms with van der Waals surface area (Å²) in [7, 11) is 0. The second kappa shape index (κ2) is 10.7. The van der Waals surface area contributed by atoms with E-state index in [2.05, 4.69) is 219 Å². The Kier molecular flexibility index (Phi) is 5.46. The molecule has 0 bridgehead atoms. The van der Waals surface area contributed by atoms with Crippen LogP contribution < -0.4 is 0 Å². The van der Waals surface area contributed by atoms with Crippen LogP contribution in [0.1, 0.15) is 80.0 Å². The van der Waals surface area contributed by atoms with Crippen molar-refractivity contribution in [3.8, 4) is 11.1 Å². The Morgan fingerprint density at radius 3 is 1.35 bits per heavy atom. The highest BCUT2D eigenvalue weighted by molar-refractivity contribution is 6.00. The van der Waals surface area contributed by atoms with Gasteiger partial charge >= 0.3 is 0 Å². The van der Waals surface area contributed by atoms with E-state index in [0.29, 0.717) is 71.0 Å². The van der Waals surface area contributed by atoms with Crippen LogP contribution in [0.2, 0.25) is 0 Å². The molecule has 0 aliphatic heterocycles. The van der Waals surface area contributed by atoms with Gasteiger partial charge < -0.3 is 0 Å². The molecule has 0 heteroatoms. The molecule has 18 unspecified atom stereocenters. The minimum atomic E-state index is -0.470. The number of hydrogen-bond acceptors (Lipinski definition) is 0. The fourth-order valence-electron chi connectivity index (χ4n) is 24.3. The first kappa shape index (κ1) is 36.2. The van der Waals surface area contributed by atoms with Crippen LogP contribution in [0.3, 0.4) is 0 Å². The average molecular weight is 903 g/mol. The lowest BCUT2D eigenvalue weighted by atomic mass is 9.30. The first-order chi connectivity index (χ1) is 35.1. The molecule has 14 aliphatic carbocycles. The first-order valence-electron chi connectivity index (χ1n) is 27.4. The number of allylic oxidation sites excluding steroid dienone is 10. The maximum atomic E-state index is 2.96. The van der Waals surface area contributed by atoms with Crippen LogP contribution in [-0.4, -0.2) is 0 Å². The molecule has 0 N–H and O–H groups in total. The van der Waals surface area contributed by atoms with E-state index in [-0.39, 0.29) is 27.1 Å². The molecule has 334 valence electrons. The number of rotatable bonds is 5. The predicted molar refractivity (Wildman–Crippen MR) is 279 cm³/mol. The Morgan fingerprint density at radius 2 is 0.761 bits per heavy atom. The third-order valence-electron chi connectivity index (χ3n) is 24.5. The van der Waals surface area contributed by atoms with Crippen molar-refractivity contribution >= 4 is 0 Å². The molecule has 0 nitrogen and oxygen atoms in total.